The minimum atomic E-state index is -3.07. The molecule has 24 heavy (non-hydrogen) atoms. The Labute approximate surface area is 144 Å². The molecule has 0 aliphatic carbocycles. The van der Waals surface area contributed by atoms with Crippen molar-refractivity contribution in [2.75, 3.05) is 30.5 Å². The molecule has 132 valence electrons. The minimum Gasteiger partial charge on any atom is -0.495 e. The summed E-state index contributed by atoms with van der Waals surface area (Å²) in [4.78, 5) is 23.5. The lowest BCUT2D eigenvalue weighted by Gasteiger charge is -2.12. The zero-order valence-electron chi connectivity index (χ0n) is 13.0. The quantitative estimate of drug-likeness (QED) is 0.703. The largest absolute Gasteiger partial charge is 0.495 e. The SMILES string of the molecule is COc1ccc(NC(=O)CNC(=O)N[C@H]2CCS(=O)(=O)C2)cc1Cl. The van der Waals surface area contributed by atoms with Crippen LogP contribution in [-0.2, 0) is 14.6 Å². The monoisotopic (exact) mass is 375 g/mol. The summed E-state index contributed by atoms with van der Waals surface area (Å²) in [6.07, 6.45) is 0.381. The Kier molecular flexibility index (Phi) is 5.89. The number of amides is 3. The standard InChI is InChI=1S/C14H18ClN3O5S/c1-23-12-3-2-9(6-11(12)15)17-13(19)7-16-14(20)18-10-4-5-24(21,22)8-10/h2-3,6,10H,4-5,7-8H2,1H3,(H,17,19)(H2,16,18,20)/t10-/m0/s1. The molecule has 3 N–H and O–H groups in total. The number of carbonyl (C=O) groups is 2. The molecule has 3 amide bonds. The summed E-state index contributed by atoms with van der Waals surface area (Å²) in [5.74, 6) is 0.0391. The Morgan fingerprint density at radius 2 is 2.12 bits per heavy atom. The molecule has 1 aliphatic heterocycles. The van der Waals surface area contributed by atoms with Crippen LogP contribution in [0.1, 0.15) is 6.42 Å². The predicted molar refractivity (Wildman–Crippen MR) is 90.2 cm³/mol. The van der Waals surface area contributed by atoms with Gasteiger partial charge in [-0.15, -0.1) is 0 Å². The molecule has 1 aromatic carbocycles. The summed E-state index contributed by atoms with van der Waals surface area (Å²) in [6, 6.07) is 3.75. The van der Waals surface area contributed by atoms with Crippen LogP contribution < -0.4 is 20.7 Å². The highest BCUT2D eigenvalue weighted by atomic mass is 35.5. The Bertz CT molecular complexity index is 738. The molecule has 0 bridgehead atoms. The number of hydrogen-bond donors (Lipinski definition) is 3. The van der Waals surface area contributed by atoms with Crippen molar-refractivity contribution < 1.29 is 22.7 Å². The van der Waals surface area contributed by atoms with Crippen LogP contribution >= 0.6 is 11.6 Å². The molecule has 0 spiro atoms. The molecule has 0 aromatic heterocycles. The van der Waals surface area contributed by atoms with E-state index in [0.29, 0.717) is 22.9 Å². The van der Waals surface area contributed by atoms with E-state index in [0.717, 1.165) is 0 Å². The maximum absolute atomic E-state index is 11.8. The van der Waals surface area contributed by atoms with E-state index in [2.05, 4.69) is 16.0 Å². The average Bonchev–Trinajstić information content (AvgIpc) is 2.84. The summed E-state index contributed by atoms with van der Waals surface area (Å²) in [5.41, 5.74) is 0.467. The molecule has 0 saturated carbocycles. The molecule has 2 rings (SSSR count). The Morgan fingerprint density at radius 3 is 2.71 bits per heavy atom. The number of methoxy groups -OCH3 is 1. The topological polar surface area (TPSA) is 114 Å². The fourth-order valence-corrected chi connectivity index (χ4v) is 4.19. The van der Waals surface area contributed by atoms with E-state index in [1.165, 1.54) is 13.2 Å². The predicted octanol–water partition coefficient (Wildman–Crippen LogP) is 0.773. The first-order valence-electron chi connectivity index (χ1n) is 7.17. The van der Waals surface area contributed by atoms with Gasteiger partial charge < -0.3 is 20.7 Å². The molecular formula is C14H18ClN3O5S. The van der Waals surface area contributed by atoms with Gasteiger partial charge >= 0.3 is 6.03 Å². The van der Waals surface area contributed by atoms with E-state index in [1.54, 1.807) is 12.1 Å². The Morgan fingerprint density at radius 1 is 1.38 bits per heavy atom. The number of benzene rings is 1. The van der Waals surface area contributed by atoms with Crippen LogP contribution in [0.4, 0.5) is 10.5 Å². The summed E-state index contributed by atoms with van der Waals surface area (Å²) in [6.45, 7) is -0.255. The smallest absolute Gasteiger partial charge is 0.315 e. The first-order valence-corrected chi connectivity index (χ1v) is 9.37. The van der Waals surface area contributed by atoms with Gasteiger partial charge in [-0.3, -0.25) is 4.79 Å². The second kappa shape index (κ2) is 7.71. The maximum Gasteiger partial charge on any atom is 0.315 e. The van der Waals surface area contributed by atoms with Crippen LogP contribution in [0.3, 0.4) is 0 Å². The normalized spacial score (nSPS) is 18.7. The lowest BCUT2D eigenvalue weighted by Crippen LogP contribution is -2.45. The van der Waals surface area contributed by atoms with Crippen molar-refractivity contribution in [2.45, 2.75) is 12.5 Å². The number of sulfone groups is 1. The van der Waals surface area contributed by atoms with Gasteiger partial charge in [0.1, 0.15) is 5.75 Å². The lowest BCUT2D eigenvalue weighted by atomic mass is 10.3. The third-order valence-electron chi connectivity index (χ3n) is 3.41. The molecule has 1 saturated heterocycles. The summed E-state index contributed by atoms with van der Waals surface area (Å²) >= 11 is 5.95. The van der Waals surface area contributed by atoms with Gasteiger partial charge in [-0.25, -0.2) is 13.2 Å². The van der Waals surface area contributed by atoms with Gasteiger partial charge in [-0.2, -0.15) is 0 Å². The number of nitrogens with one attached hydrogen (secondary N) is 3. The number of urea groups is 1. The first kappa shape index (κ1) is 18.3. The van der Waals surface area contributed by atoms with Crippen LogP contribution in [0.2, 0.25) is 5.02 Å². The summed E-state index contributed by atoms with van der Waals surface area (Å²) < 4.78 is 27.6. The van der Waals surface area contributed by atoms with Gasteiger partial charge in [-0.05, 0) is 24.6 Å². The molecular weight excluding hydrogens is 358 g/mol. The number of anilines is 1. The second-order valence-electron chi connectivity index (χ2n) is 5.32. The highest BCUT2D eigenvalue weighted by Crippen LogP contribution is 2.27. The van der Waals surface area contributed by atoms with Crippen LogP contribution in [0.15, 0.2) is 18.2 Å². The van der Waals surface area contributed by atoms with Gasteiger partial charge in [-0.1, -0.05) is 11.6 Å². The van der Waals surface area contributed by atoms with Crippen molar-refractivity contribution in [3.05, 3.63) is 23.2 Å². The number of hydrogen-bond acceptors (Lipinski definition) is 5. The van der Waals surface area contributed by atoms with E-state index in [1.807, 2.05) is 0 Å². The molecule has 1 fully saturated rings. The average molecular weight is 376 g/mol. The van der Waals surface area contributed by atoms with Gasteiger partial charge in [0, 0.05) is 11.7 Å². The van der Waals surface area contributed by atoms with E-state index in [9.17, 15) is 18.0 Å². The molecule has 0 unspecified atom stereocenters. The van der Waals surface area contributed by atoms with Gasteiger partial charge in [0.15, 0.2) is 9.84 Å². The Balaban J connectivity index is 1.76. The second-order valence-corrected chi connectivity index (χ2v) is 7.96. The van der Waals surface area contributed by atoms with Crippen molar-refractivity contribution in [2.24, 2.45) is 0 Å². The third kappa shape index (κ3) is 5.27. The first-order chi connectivity index (χ1) is 11.3. The van der Waals surface area contributed by atoms with Gasteiger partial charge in [0.25, 0.3) is 0 Å². The van der Waals surface area contributed by atoms with Gasteiger partial charge in [0.05, 0.1) is 30.2 Å². The fraction of sp³-hybridized carbons (Fsp3) is 0.429. The number of rotatable bonds is 5. The van der Waals surface area contributed by atoms with Crippen molar-refractivity contribution in [1.29, 1.82) is 0 Å². The fourth-order valence-electron chi connectivity index (χ4n) is 2.26. The van der Waals surface area contributed by atoms with Crippen molar-refractivity contribution >= 4 is 39.1 Å². The summed E-state index contributed by atoms with van der Waals surface area (Å²) in [5, 5.41) is 7.84. The molecule has 0 radical (unpaired) electrons. The Hall–Kier alpha value is -2.00. The molecule has 1 heterocycles. The van der Waals surface area contributed by atoms with E-state index in [4.69, 9.17) is 16.3 Å². The highest BCUT2D eigenvalue weighted by molar-refractivity contribution is 7.91. The molecule has 10 heteroatoms. The van der Waals surface area contributed by atoms with E-state index < -0.39 is 27.8 Å². The van der Waals surface area contributed by atoms with Crippen molar-refractivity contribution in [1.82, 2.24) is 10.6 Å². The number of halogens is 1. The number of ether oxygens (including phenoxy) is 1. The molecule has 1 atom stereocenters. The zero-order chi connectivity index (χ0) is 17.7. The highest BCUT2D eigenvalue weighted by Gasteiger charge is 2.28. The molecule has 1 aliphatic rings. The van der Waals surface area contributed by atoms with Crippen LogP contribution in [0, 0.1) is 0 Å². The van der Waals surface area contributed by atoms with Crippen LogP contribution in [0.5, 0.6) is 5.75 Å². The number of carbonyl (C=O) groups excluding carboxylic acids is 2. The third-order valence-corrected chi connectivity index (χ3v) is 5.48. The van der Waals surface area contributed by atoms with Crippen LogP contribution in [-0.4, -0.2) is 51.6 Å². The van der Waals surface area contributed by atoms with Crippen molar-refractivity contribution in [3.8, 4) is 5.75 Å². The van der Waals surface area contributed by atoms with Crippen LogP contribution in [0.25, 0.3) is 0 Å². The lowest BCUT2D eigenvalue weighted by molar-refractivity contribution is -0.115. The molecule has 1 aromatic rings. The molecule has 8 nitrogen and oxygen atoms in total. The van der Waals surface area contributed by atoms with E-state index in [-0.39, 0.29) is 18.1 Å². The maximum atomic E-state index is 11.8. The van der Waals surface area contributed by atoms with Crippen molar-refractivity contribution in [3.63, 3.8) is 0 Å². The zero-order valence-corrected chi connectivity index (χ0v) is 14.5. The van der Waals surface area contributed by atoms with Gasteiger partial charge in [0.2, 0.25) is 5.91 Å². The minimum absolute atomic E-state index is 0.0661. The summed E-state index contributed by atoms with van der Waals surface area (Å²) in [7, 11) is -1.58. The van der Waals surface area contributed by atoms with E-state index >= 15 is 0 Å².